The molecule has 0 aliphatic heterocycles. The second kappa shape index (κ2) is 12.6. The molecule has 2 rings (SSSR count). The van der Waals surface area contributed by atoms with Gasteiger partial charge in [0.2, 0.25) is 11.8 Å². The number of benzene rings is 2. The summed E-state index contributed by atoms with van der Waals surface area (Å²) in [6, 6.07) is 12.1. The molecule has 168 valence electrons. The van der Waals surface area contributed by atoms with E-state index in [1.54, 1.807) is 23.1 Å². The van der Waals surface area contributed by atoms with Crippen molar-refractivity contribution in [3.05, 3.63) is 68.7 Å². The van der Waals surface area contributed by atoms with Crippen molar-refractivity contribution in [1.29, 1.82) is 0 Å². The molecule has 0 unspecified atom stereocenters. The number of amides is 2. The van der Waals surface area contributed by atoms with E-state index < -0.39 is 6.04 Å². The molecule has 0 aliphatic carbocycles. The van der Waals surface area contributed by atoms with Crippen molar-refractivity contribution in [2.75, 3.05) is 5.75 Å². The van der Waals surface area contributed by atoms with E-state index in [-0.39, 0.29) is 30.2 Å². The fourth-order valence-electron chi connectivity index (χ4n) is 3.12. The molecule has 0 spiro atoms. The Bertz CT molecular complexity index is 888. The quantitative estimate of drug-likeness (QED) is 0.421. The Balaban J connectivity index is 2.20. The lowest BCUT2D eigenvalue weighted by atomic mass is 10.1. The van der Waals surface area contributed by atoms with Crippen LogP contribution in [0.4, 0.5) is 0 Å². The fourth-order valence-corrected chi connectivity index (χ4v) is 4.71. The van der Waals surface area contributed by atoms with E-state index in [9.17, 15) is 9.59 Å². The summed E-state index contributed by atoms with van der Waals surface area (Å²) in [5.41, 5.74) is 1.67. The van der Waals surface area contributed by atoms with Crippen LogP contribution in [0.25, 0.3) is 0 Å². The van der Waals surface area contributed by atoms with Gasteiger partial charge in [-0.15, -0.1) is 11.8 Å². The first-order chi connectivity index (χ1) is 14.7. The number of hydrogen-bond acceptors (Lipinski definition) is 3. The molecule has 0 bridgehead atoms. The van der Waals surface area contributed by atoms with E-state index in [1.165, 1.54) is 11.8 Å². The lowest BCUT2D eigenvalue weighted by Gasteiger charge is -2.31. The van der Waals surface area contributed by atoms with Crippen LogP contribution in [0.1, 0.15) is 38.3 Å². The molecule has 1 atom stereocenters. The highest BCUT2D eigenvalue weighted by atomic mass is 35.5. The summed E-state index contributed by atoms with van der Waals surface area (Å²) in [6.45, 7) is 5.84. The van der Waals surface area contributed by atoms with Gasteiger partial charge in [-0.25, -0.2) is 0 Å². The third-order valence-electron chi connectivity index (χ3n) is 4.59. The van der Waals surface area contributed by atoms with E-state index in [2.05, 4.69) is 5.32 Å². The molecule has 4 nitrogen and oxygen atoms in total. The van der Waals surface area contributed by atoms with Gasteiger partial charge in [0.1, 0.15) is 6.04 Å². The SMILES string of the molecule is CC[C@H](C(=O)NC(C)C)N(Cc1c(Cl)cccc1Cl)C(=O)CSCc1cccc(Cl)c1. The van der Waals surface area contributed by atoms with Gasteiger partial charge in [-0.3, -0.25) is 9.59 Å². The van der Waals surface area contributed by atoms with Crippen molar-refractivity contribution in [2.45, 2.75) is 51.6 Å². The normalized spacial score (nSPS) is 12.0. The predicted octanol–water partition coefficient (Wildman–Crippen LogP) is 6.21. The molecule has 0 saturated carbocycles. The maximum Gasteiger partial charge on any atom is 0.243 e. The average molecular weight is 502 g/mol. The number of rotatable bonds is 10. The fraction of sp³-hybridized carbons (Fsp3) is 0.391. The second-order valence-corrected chi connectivity index (χ2v) is 9.67. The van der Waals surface area contributed by atoms with Crippen LogP contribution in [-0.2, 0) is 21.9 Å². The van der Waals surface area contributed by atoms with Crippen molar-refractivity contribution in [2.24, 2.45) is 0 Å². The molecular weight excluding hydrogens is 475 g/mol. The molecule has 0 heterocycles. The molecule has 1 N–H and O–H groups in total. The Kier molecular flexibility index (Phi) is 10.5. The zero-order valence-corrected chi connectivity index (χ0v) is 20.9. The first-order valence-electron chi connectivity index (χ1n) is 10.1. The van der Waals surface area contributed by atoms with Crippen LogP contribution in [0.15, 0.2) is 42.5 Å². The molecule has 0 saturated heterocycles. The van der Waals surface area contributed by atoms with E-state index in [0.717, 1.165) is 5.56 Å². The van der Waals surface area contributed by atoms with Crippen molar-refractivity contribution < 1.29 is 9.59 Å². The van der Waals surface area contributed by atoms with Crippen molar-refractivity contribution in [3.8, 4) is 0 Å². The zero-order chi connectivity index (χ0) is 23.0. The van der Waals surface area contributed by atoms with Gasteiger partial charge in [-0.05, 0) is 50.1 Å². The average Bonchev–Trinajstić information content (AvgIpc) is 2.69. The highest BCUT2D eigenvalue weighted by molar-refractivity contribution is 7.99. The standard InChI is InChI=1S/C23H27Cl3N2O2S/c1-4-21(23(30)27-15(2)3)28(12-18-19(25)9-6-10-20(18)26)22(29)14-31-13-16-7-5-8-17(24)11-16/h5-11,15,21H,4,12-14H2,1-3H3,(H,27,30)/t21-/m1/s1. The van der Waals surface area contributed by atoms with Gasteiger partial charge in [-0.1, -0.05) is 59.9 Å². The molecular formula is C23H27Cl3N2O2S. The van der Waals surface area contributed by atoms with Crippen LogP contribution < -0.4 is 5.32 Å². The van der Waals surface area contributed by atoms with Gasteiger partial charge in [-0.2, -0.15) is 0 Å². The molecule has 0 aliphatic rings. The summed E-state index contributed by atoms with van der Waals surface area (Å²) < 4.78 is 0. The Morgan fingerprint density at radius 3 is 2.29 bits per heavy atom. The Morgan fingerprint density at radius 1 is 1.06 bits per heavy atom. The zero-order valence-electron chi connectivity index (χ0n) is 17.8. The minimum atomic E-state index is -0.617. The summed E-state index contributed by atoms with van der Waals surface area (Å²) in [5, 5.41) is 4.51. The summed E-state index contributed by atoms with van der Waals surface area (Å²) in [5.74, 6) is 0.532. The van der Waals surface area contributed by atoms with Crippen LogP contribution in [0.3, 0.4) is 0 Å². The number of halogens is 3. The van der Waals surface area contributed by atoms with Crippen molar-refractivity contribution in [1.82, 2.24) is 10.2 Å². The molecule has 0 aromatic heterocycles. The molecule has 31 heavy (non-hydrogen) atoms. The van der Waals surface area contributed by atoms with E-state index in [4.69, 9.17) is 34.8 Å². The van der Waals surface area contributed by atoms with Crippen LogP contribution >= 0.6 is 46.6 Å². The smallest absolute Gasteiger partial charge is 0.243 e. The lowest BCUT2D eigenvalue weighted by molar-refractivity contribution is -0.139. The van der Waals surface area contributed by atoms with Gasteiger partial charge in [0, 0.05) is 39.0 Å². The van der Waals surface area contributed by atoms with E-state index in [0.29, 0.717) is 32.8 Å². The van der Waals surface area contributed by atoms with Gasteiger partial charge in [0.25, 0.3) is 0 Å². The van der Waals surface area contributed by atoms with Crippen molar-refractivity contribution in [3.63, 3.8) is 0 Å². The first kappa shape index (κ1) is 25.9. The topological polar surface area (TPSA) is 49.4 Å². The van der Waals surface area contributed by atoms with Crippen LogP contribution in [-0.4, -0.2) is 34.6 Å². The molecule has 2 aromatic rings. The second-order valence-electron chi connectivity index (χ2n) is 7.43. The van der Waals surface area contributed by atoms with Gasteiger partial charge in [0.15, 0.2) is 0 Å². The molecule has 2 aromatic carbocycles. The number of nitrogens with one attached hydrogen (secondary N) is 1. The van der Waals surface area contributed by atoms with Crippen molar-refractivity contribution >= 4 is 58.4 Å². The highest BCUT2D eigenvalue weighted by Gasteiger charge is 2.29. The summed E-state index contributed by atoms with van der Waals surface area (Å²) >= 11 is 20.2. The third kappa shape index (κ3) is 7.90. The monoisotopic (exact) mass is 500 g/mol. The summed E-state index contributed by atoms with van der Waals surface area (Å²) in [6.07, 6.45) is 0.478. The Hall–Kier alpha value is -1.40. The molecule has 8 heteroatoms. The molecule has 0 fully saturated rings. The molecule has 2 amide bonds. The minimum absolute atomic E-state index is 0.0281. The van der Waals surface area contributed by atoms with Crippen LogP contribution in [0.5, 0.6) is 0 Å². The van der Waals surface area contributed by atoms with E-state index >= 15 is 0 Å². The molecule has 0 radical (unpaired) electrons. The van der Waals surface area contributed by atoms with Gasteiger partial charge < -0.3 is 10.2 Å². The Labute approximate surface area is 203 Å². The van der Waals surface area contributed by atoms with Gasteiger partial charge >= 0.3 is 0 Å². The number of hydrogen-bond donors (Lipinski definition) is 1. The van der Waals surface area contributed by atoms with Crippen LogP contribution in [0.2, 0.25) is 15.1 Å². The first-order valence-corrected chi connectivity index (χ1v) is 12.4. The number of carbonyl (C=O) groups excluding carboxylic acids is 2. The maximum absolute atomic E-state index is 13.2. The van der Waals surface area contributed by atoms with E-state index in [1.807, 2.05) is 45.0 Å². The van der Waals surface area contributed by atoms with Gasteiger partial charge in [0.05, 0.1) is 5.75 Å². The number of nitrogens with zero attached hydrogens (tertiary/aromatic N) is 1. The number of thioether (sulfide) groups is 1. The summed E-state index contributed by atoms with van der Waals surface area (Å²) in [7, 11) is 0. The minimum Gasteiger partial charge on any atom is -0.352 e. The van der Waals surface area contributed by atoms with Crippen LogP contribution in [0, 0.1) is 0 Å². The maximum atomic E-state index is 13.2. The summed E-state index contributed by atoms with van der Waals surface area (Å²) in [4.78, 5) is 27.6. The lowest BCUT2D eigenvalue weighted by Crippen LogP contribution is -2.51. The predicted molar refractivity (Wildman–Crippen MR) is 132 cm³/mol. The Morgan fingerprint density at radius 2 is 1.71 bits per heavy atom. The third-order valence-corrected chi connectivity index (χ3v) is 6.52. The largest absolute Gasteiger partial charge is 0.352 e. The highest BCUT2D eigenvalue weighted by Crippen LogP contribution is 2.27. The number of carbonyl (C=O) groups is 2.